The van der Waals surface area contributed by atoms with Gasteiger partial charge in [0.15, 0.2) is 0 Å². The molecule has 0 bridgehead atoms. The molecule has 0 spiro atoms. The zero-order valence-corrected chi connectivity index (χ0v) is 13.2. The van der Waals surface area contributed by atoms with Crippen LogP contribution in [0.25, 0.3) is 0 Å². The molecule has 3 rings (SSSR count). The summed E-state index contributed by atoms with van der Waals surface area (Å²) in [6.45, 7) is 7.61. The van der Waals surface area contributed by atoms with Crippen LogP contribution in [-0.2, 0) is 6.42 Å². The highest BCUT2D eigenvalue weighted by atomic mass is 15.1. The number of hydrogen-bond donors (Lipinski definition) is 1. The van der Waals surface area contributed by atoms with E-state index in [0.29, 0.717) is 18.0 Å². The molecule has 0 amide bonds. The fourth-order valence-electron chi connectivity index (χ4n) is 3.56. The predicted octanol–water partition coefficient (Wildman–Crippen LogP) is 3.84. The van der Waals surface area contributed by atoms with E-state index in [1.165, 1.54) is 23.4 Å². The van der Waals surface area contributed by atoms with Crippen molar-refractivity contribution < 1.29 is 0 Å². The minimum Gasteiger partial charge on any atom is -0.330 e. The molecule has 112 valence electrons. The van der Waals surface area contributed by atoms with Crippen molar-refractivity contribution in [2.75, 3.05) is 6.54 Å². The summed E-state index contributed by atoms with van der Waals surface area (Å²) >= 11 is 0. The predicted molar refractivity (Wildman–Crippen MR) is 86.5 cm³/mol. The van der Waals surface area contributed by atoms with Crippen LogP contribution in [0.1, 0.15) is 62.1 Å². The Morgan fingerprint density at radius 2 is 2.14 bits per heavy atom. The molecule has 2 unspecified atom stereocenters. The average molecular weight is 283 g/mol. The number of aryl methyl sites for hydroxylation is 1. The Morgan fingerprint density at radius 3 is 2.90 bits per heavy atom. The molecule has 1 heterocycles. The first-order chi connectivity index (χ1) is 10.2. The summed E-state index contributed by atoms with van der Waals surface area (Å²) in [5, 5.41) is 3.70. The van der Waals surface area contributed by atoms with E-state index in [0.717, 1.165) is 13.0 Å². The Morgan fingerprint density at radius 1 is 1.33 bits per heavy atom. The van der Waals surface area contributed by atoms with Gasteiger partial charge in [0.1, 0.15) is 5.82 Å². The number of hydrogen-bond acceptors (Lipinski definition) is 2. The molecule has 21 heavy (non-hydrogen) atoms. The van der Waals surface area contributed by atoms with E-state index in [4.69, 9.17) is 0 Å². The minimum atomic E-state index is 0.381. The normalized spacial score (nSPS) is 21.5. The molecule has 0 aliphatic heterocycles. The van der Waals surface area contributed by atoms with Gasteiger partial charge >= 0.3 is 0 Å². The zero-order chi connectivity index (χ0) is 14.8. The molecule has 3 heteroatoms. The summed E-state index contributed by atoms with van der Waals surface area (Å²) in [5.41, 5.74) is 2.95. The Kier molecular flexibility index (Phi) is 4.11. The second kappa shape index (κ2) is 6.02. The fraction of sp³-hybridized carbons (Fsp3) is 0.500. The van der Waals surface area contributed by atoms with Crippen LogP contribution in [0.2, 0.25) is 0 Å². The van der Waals surface area contributed by atoms with Gasteiger partial charge in [-0.2, -0.15) is 0 Å². The number of benzene rings is 1. The maximum absolute atomic E-state index is 4.58. The fourth-order valence-corrected chi connectivity index (χ4v) is 3.56. The molecule has 1 aliphatic rings. The smallest absolute Gasteiger partial charge is 0.111 e. The van der Waals surface area contributed by atoms with Gasteiger partial charge in [0.25, 0.3) is 0 Å². The molecule has 3 nitrogen and oxygen atoms in total. The molecule has 0 radical (unpaired) electrons. The van der Waals surface area contributed by atoms with Crippen LogP contribution in [-0.4, -0.2) is 16.1 Å². The highest BCUT2D eigenvalue weighted by Crippen LogP contribution is 2.38. The van der Waals surface area contributed by atoms with Crippen molar-refractivity contribution >= 4 is 0 Å². The van der Waals surface area contributed by atoms with E-state index in [9.17, 15) is 0 Å². The number of nitrogens with one attached hydrogen (secondary N) is 1. The van der Waals surface area contributed by atoms with Crippen LogP contribution in [0.3, 0.4) is 0 Å². The molecular formula is C18H25N3. The first-order valence-electron chi connectivity index (χ1n) is 8.06. The Balaban J connectivity index is 2.00. The zero-order valence-electron chi connectivity index (χ0n) is 13.2. The molecule has 2 aromatic rings. The second-order valence-corrected chi connectivity index (χ2v) is 6.19. The van der Waals surface area contributed by atoms with E-state index in [-0.39, 0.29) is 0 Å². The molecule has 0 fully saturated rings. The van der Waals surface area contributed by atoms with Crippen molar-refractivity contribution in [3.63, 3.8) is 0 Å². The first kappa shape index (κ1) is 14.3. The third-order valence-electron chi connectivity index (χ3n) is 4.48. The number of aromatic nitrogens is 2. The van der Waals surface area contributed by atoms with Gasteiger partial charge in [-0.1, -0.05) is 45.0 Å². The maximum atomic E-state index is 4.58. The van der Waals surface area contributed by atoms with Crippen LogP contribution in [0, 0.1) is 0 Å². The van der Waals surface area contributed by atoms with Crippen molar-refractivity contribution in [2.24, 2.45) is 0 Å². The number of likely N-dealkylation sites (N-methyl/N-ethyl adjacent to an activating group) is 1. The maximum Gasteiger partial charge on any atom is 0.111 e. The lowest BCUT2D eigenvalue weighted by Crippen LogP contribution is -2.34. The lowest BCUT2D eigenvalue weighted by Gasteiger charge is -2.36. The van der Waals surface area contributed by atoms with Gasteiger partial charge in [-0.25, -0.2) is 4.98 Å². The molecular weight excluding hydrogens is 258 g/mol. The van der Waals surface area contributed by atoms with Crippen LogP contribution in [0.15, 0.2) is 36.7 Å². The van der Waals surface area contributed by atoms with Crippen LogP contribution < -0.4 is 5.32 Å². The number of fused-ring (bicyclic) bond motifs is 1. The Hall–Kier alpha value is -1.61. The summed E-state index contributed by atoms with van der Waals surface area (Å²) in [5.74, 6) is 1.65. The van der Waals surface area contributed by atoms with Crippen LogP contribution >= 0.6 is 0 Å². The monoisotopic (exact) mass is 283 g/mol. The summed E-state index contributed by atoms with van der Waals surface area (Å²) < 4.78 is 2.40. The van der Waals surface area contributed by atoms with Crippen LogP contribution in [0.4, 0.5) is 0 Å². The van der Waals surface area contributed by atoms with E-state index in [1.54, 1.807) is 0 Å². The molecule has 2 atom stereocenters. The SMILES string of the molecule is CCNC1c2ccccc2CCC1n1ccnc1C(C)C. The van der Waals surface area contributed by atoms with Crippen molar-refractivity contribution in [2.45, 2.75) is 51.6 Å². The van der Waals surface area contributed by atoms with E-state index in [2.05, 4.69) is 66.1 Å². The summed E-state index contributed by atoms with van der Waals surface area (Å²) in [7, 11) is 0. The van der Waals surface area contributed by atoms with Gasteiger partial charge in [0.2, 0.25) is 0 Å². The van der Waals surface area contributed by atoms with Crippen molar-refractivity contribution in [1.29, 1.82) is 0 Å². The van der Waals surface area contributed by atoms with Gasteiger partial charge in [-0.05, 0) is 30.5 Å². The van der Waals surface area contributed by atoms with Gasteiger partial charge in [0.05, 0.1) is 12.1 Å². The van der Waals surface area contributed by atoms with E-state index < -0.39 is 0 Å². The lowest BCUT2D eigenvalue weighted by atomic mass is 9.83. The third-order valence-corrected chi connectivity index (χ3v) is 4.48. The summed E-state index contributed by atoms with van der Waals surface area (Å²) in [4.78, 5) is 4.58. The van der Waals surface area contributed by atoms with Gasteiger partial charge in [-0.15, -0.1) is 0 Å². The van der Waals surface area contributed by atoms with Gasteiger partial charge < -0.3 is 9.88 Å². The summed E-state index contributed by atoms with van der Waals surface area (Å²) in [6, 6.07) is 9.70. The van der Waals surface area contributed by atoms with Crippen LogP contribution in [0.5, 0.6) is 0 Å². The minimum absolute atomic E-state index is 0.381. The third kappa shape index (κ3) is 2.62. The first-order valence-corrected chi connectivity index (χ1v) is 8.06. The summed E-state index contributed by atoms with van der Waals surface area (Å²) in [6.07, 6.45) is 6.42. The number of imidazole rings is 1. The lowest BCUT2D eigenvalue weighted by molar-refractivity contribution is 0.312. The average Bonchev–Trinajstić information content (AvgIpc) is 2.97. The molecule has 1 aromatic carbocycles. The quantitative estimate of drug-likeness (QED) is 0.924. The Labute approximate surface area is 127 Å². The second-order valence-electron chi connectivity index (χ2n) is 6.19. The topological polar surface area (TPSA) is 29.9 Å². The van der Waals surface area contributed by atoms with Crippen molar-refractivity contribution in [3.8, 4) is 0 Å². The van der Waals surface area contributed by atoms with Crippen molar-refractivity contribution in [3.05, 3.63) is 53.6 Å². The number of nitrogens with zero attached hydrogens (tertiary/aromatic N) is 2. The van der Waals surface area contributed by atoms with Crippen molar-refractivity contribution in [1.82, 2.24) is 14.9 Å². The highest BCUT2D eigenvalue weighted by Gasteiger charge is 2.31. The Bertz CT molecular complexity index is 600. The molecule has 1 aliphatic carbocycles. The molecule has 1 N–H and O–H groups in total. The molecule has 0 saturated heterocycles. The van der Waals surface area contributed by atoms with Gasteiger partial charge in [-0.3, -0.25) is 0 Å². The largest absolute Gasteiger partial charge is 0.330 e. The van der Waals surface area contributed by atoms with E-state index >= 15 is 0 Å². The highest BCUT2D eigenvalue weighted by molar-refractivity contribution is 5.34. The van der Waals surface area contributed by atoms with Gasteiger partial charge in [0, 0.05) is 18.3 Å². The molecule has 1 aromatic heterocycles. The number of rotatable bonds is 4. The molecule has 0 saturated carbocycles. The standard InChI is InChI=1S/C18H25N3/c1-4-19-17-15-8-6-5-7-14(15)9-10-16(17)21-12-11-20-18(21)13(2)3/h5-8,11-13,16-17,19H,4,9-10H2,1-3H3. The van der Waals surface area contributed by atoms with E-state index in [1.807, 2.05) is 6.20 Å².